The fraction of sp³-hybridized carbons (Fsp3) is 1.00. The van der Waals surface area contributed by atoms with E-state index in [0.717, 1.165) is 0 Å². The number of sulfone groups is 2. The zero-order chi connectivity index (χ0) is 13.2. The Labute approximate surface area is 104 Å². The Kier molecular flexibility index (Phi) is 4.60. The van der Waals surface area contributed by atoms with Crippen LogP contribution in [-0.4, -0.2) is 51.9 Å². The molecule has 0 radical (unpaired) electrons. The van der Waals surface area contributed by atoms with Crippen molar-refractivity contribution in [3.05, 3.63) is 0 Å². The lowest BCUT2D eigenvalue weighted by Gasteiger charge is -2.23. The summed E-state index contributed by atoms with van der Waals surface area (Å²) in [6, 6.07) is 0. The Hall–Kier alpha value is -0.140. The largest absolute Gasteiger partial charge is 0.310 e. The van der Waals surface area contributed by atoms with Gasteiger partial charge in [-0.2, -0.15) is 0 Å². The number of hydrogen-bond donors (Lipinski definition) is 1. The molecule has 7 heteroatoms. The van der Waals surface area contributed by atoms with E-state index in [1.54, 1.807) is 6.92 Å². The molecular formula is C10H21NO4S2. The van der Waals surface area contributed by atoms with Crippen molar-refractivity contribution in [1.29, 1.82) is 0 Å². The average Bonchev–Trinajstić information content (AvgIpc) is 2.49. The molecule has 0 aliphatic carbocycles. The van der Waals surface area contributed by atoms with Crippen LogP contribution >= 0.6 is 0 Å². The summed E-state index contributed by atoms with van der Waals surface area (Å²) in [5.74, 6) is 0.711. The smallest absolute Gasteiger partial charge is 0.152 e. The number of nitrogens with one attached hydrogen (secondary N) is 1. The van der Waals surface area contributed by atoms with Crippen molar-refractivity contribution in [2.75, 3.05) is 29.6 Å². The van der Waals surface area contributed by atoms with Gasteiger partial charge < -0.3 is 5.32 Å². The Morgan fingerprint density at radius 3 is 2.47 bits per heavy atom. The van der Waals surface area contributed by atoms with Crippen LogP contribution in [0.15, 0.2) is 0 Å². The molecule has 0 bridgehead atoms. The molecule has 0 saturated carbocycles. The third kappa shape index (κ3) is 4.93. The van der Waals surface area contributed by atoms with Gasteiger partial charge in [-0.05, 0) is 26.3 Å². The highest BCUT2D eigenvalue weighted by Crippen LogP contribution is 2.22. The normalized spacial score (nSPS) is 28.4. The molecule has 0 aromatic rings. The molecule has 1 rings (SSSR count). The first-order valence-corrected chi connectivity index (χ1v) is 9.48. The van der Waals surface area contributed by atoms with E-state index in [1.165, 1.54) is 0 Å². The van der Waals surface area contributed by atoms with Crippen LogP contribution in [0, 0.1) is 0 Å². The third-order valence-corrected chi connectivity index (χ3v) is 6.82. The van der Waals surface area contributed by atoms with E-state index in [1.807, 2.05) is 6.92 Å². The minimum Gasteiger partial charge on any atom is -0.310 e. The molecule has 1 atom stereocenters. The van der Waals surface area contributed by atoms with Gasteiger partial charge in [0.25, 0.3) is 0 Å². The van der Waals surface area contributed by atoms with E-state index in [9.17, 15) is 16.8 Å². The zero-order valence-corrected chi connectivity index (χ0v) is 12.0. The van der Waals surface area contributed by atoms with Crippen molar-refractivity contribution in [3.8, 4) is 0 Å². The van der Waals surface area contributed by atoms with E-state index in [2.05, 4.69) is 5.32 Å². The molecule has 1 aliphatic rings. The van der Waals surface area contributed by atoms with E-state index >= 15 is 0 Å². The molecule has 17 heavy (non-hydrogen) atoms. The van der Waals surface area contributed by atoms with E-state index in [0.29, 0.717) is 19.4 Å². The lowest BCUT2D eigenvalue weighted by atomic mass is 10.0. The van der Waals surface area contributed by atoms with Gasteiger partial charge in [0.05, 0.1) is 17.3 Å². The maximum absolute atomic E-state index is 11.3. The van der Waals surface area contributed by atoms with Crippen molar-refractivity contribution in [2.45, 2.75) is 32.2 Å². The summed E-state index contributed by atoms with van der Waals surface area (Å²) in [4.78, 5) is 0. The molecule has 1 heterocycles. The first kappa shape index (κ1) is 14.9. The fourth-order valence-corrected chi connectivity index (χ4v) is 4.97. The van der Waals surface area contributed by atoms with Gasteiger partial charge in [0.15, 0.2) is 9.84 Å². The summed E-state index contributed by atoms with van der Waals surface area (Å²) in [5.41, 5.74) is -0.380. The Balaban J connectivity index is 2.33. The van der Waals surface area contributed by atoms with Crippen molar-refractivity contribution < 1.29 is 16.8 Å². The minimum absolute atomic E-state index is 0.153. The van der Waals surface area contributed by atoms with Crippen LogP contribution in [0.25, 0.3) is 0 Å². The van der Waals surface area contributed by atoms with Gasteiger partial charge in [-0.3, -0.25) is 0 Å². The van der Waals surface area contributed by atoms with E-state index in [4.69, 9.17) is 0 Å². The molecule has 0 aromatic heterocycles. The molecule has 1 N–H and O–H groups in total. The van der Waals surface area contributed by atoms with E-state index < -0.39 is 19.7 Å². The first-order chi connectivity index (χ1) is 7.68. The second-order valence-corrected chi connectivity index (χ2v) is 9.58. The van der Waals surface area contributed by atoms with Gasteiger partial charge in [0.2, 0.25) is 0 Å². The third-order valence-electron chi connectivity index (χ3n) is 3.13. The van der Waals surface area contributed by atoms with Crippen LogP contribution in [0.4, 0.5) is 0 Å². The van der Waals surface area contributed by atoms with Gasteiger partial charge in [-0.25, -0.2) is 16.8 Å². The summed E-state index contributed by atoms with van der Waals surface area (Å²) >= 11 is 0. The highest BCUT2D eigenvalue weighted by atomic mass is 32.2. The van der Waals surface area contributed by atoms with Crippen LogP contribution in [0.3, 0.4) is 0 Å². The summed E-state index contributed by atoms with van der Waals surface area (Å²) in [6.45, 7) is 4.06. The molecule has 1 fully saturated rings. The fourth-order valence-electron chi connectivity index (χ4n) is 1.98. The summed E-state index contributed by atoms with van der Waals surface area (Å²) < 4.78 is 45.2. The molecular weight excluding hydrogens is 262 g/mol. The second-order valence-electron chi connectivity index (χ2n) is 4.92. The predicted molar refractivity (Wildman–Crippen MR) is 68.6 cm³/mol. The standard InChI is InChI=1S/C10H21NO4S2/c1-3-16(12,13)7-4-6-11-10(2)5-8-17(14,15)9-10/h11H,3-9H2,1-2H3. The highest BCUT2D eigenvalue weighted by Gasteiger charge is 2.37. The molecule has 1 unspecified atom stereocenters. The van der Waals surface area contributed by atoms with Crippen LogP contribution in [0.2, 0.25) is 0 Å². The Morgan fingerprint density at radius 1 is 1.35 bits per heavy atom. The van der Waals surface area contributed by atoms with Crippen molar-refractivity contribution in [2.24, 2.45) is 0 Å². The number of rotatable bonds is 6. The van der Waals surface area contributed by atoms with E-state index in [-0.39, 0.29) is 28.6 Å². The maximum Gasteiger partial charge on any atom is 0.152 e. The SMILES string of the molecule is CCS(=O)(=O)CCCNC1(C)CCS(=O)(=O)C1. The Morgan fingerprint density at radius 2 is 2.00 bits per heavy atom. The lowest BCUT2D eigenvalue weighted by Crippen LogP contribution is -2.44. The molecule has 0 amide bonds. The van der Waals surface area contributed by atoms with Gasteiger partial charge >= 0.3 is 0 Å². The second kappa shape index (κ2) is 5.24. The maximum atomic E-state index is 11.3. The van der Waals surface area contributed by atoms with Crippen molar-refractivity contribution in [1.82, 2.24) is 5.32 Å². The quantitative estimate of drug-likeness (QED) is 0.693. The van der Waals surface area contributed by atoms with Crippen molar-refractivity contribution >= 4 is 19.7 Å². The van der Waals surface area contributed by atoms with Crippen LogP contribution in [0.1, 0.15) is 26.7 Å². The highest BCUT2D eigenvalue weighted by molar-refractivity contribution is 7.91. The zero-order valence-electron chi connectivity index (χ0n) is 10.4. The van der Waals surface area contributed by atoms with Gasteiger partial charge in [0, 0.05) is 11.3 Å². The van der Waals surface area contributed by atoms with Crippen LogP contribution < -0.4 is 5.32 Å². The predicted octanol–water partition coefficient (Wildman–Crippen LogP) is -0.0220. The topological polar surface area (TPSA) is 80.3 Å². The van der Waals surface area contributed by atoms with Gasteiger partial charge in [-0.1, -0.05) is 6.92 Å². The van der Waals surface area contributed by atoms with Crippen LogP contribution in [0.5, 0.6) is 0 Å². The summed E-state index contributed by atoms with van der Waals surface area (Å²) in [5, 5.41) is 3.17. The Bertz CT molecular complexity index is 455. The lowest BCUT2D eigenvalue weighted by molar-refractivity contribution is 0.398. The van der Waals surface area contributed by atoms with Gasteiger partial charge in [-0.15, -0.1) is 0 Å². The van der Waals surface area contributed by atoms with Crippen LogP contribution in [-0.2, 0) is 19.7 Å². The van der Waals surface area contributed by atoms with Gasteiger partial charge in [0.1, 0.15) is 9.84 Å². The molecule has 1 saturated heterocycles. The first-order valence-electron chi connectivity index (χ1n) is 5.84. The molecule has 0 aromatic carbocycles. The van der Waals surface area contributed by atoms with Crippen molar-refractivity contribution in [3.63, 3.8) is 0 Å². The molecule has 5 nitrogen and oxygen atoms in total. The number of hydrogen-bond acceptors (Lipinski definition) is 5. The summed E-state index contributed by atoms with van der Waals surface area (Å²) in [6.07, 6.45) is 1.14. The minimum atomic E-state index is -2.92. The summed E-state index contributed by atoms with van der Waals surface area (Å²) in [7, 11) is -5.82. The molecule has 102 valence electrons. The molecule has 0 spiro atoms. The molecule has 1 aliphatic heterocycles. The monoisotopic (exact) mass is 283 g/mol. The average molecular weight is 283 g/mol.